The first-order chi connectivity index (χ1) is 8.59. The van der Waals surface area contributed by atoms with Crippen molar-refractivity contribution in [3.05, 3.63) is 53.5 Å². The van der Waals surface area contributed by atoms with Gasteiger partial charge in [0.15, 0.2) is 0 Å². The summed E-state index contributed by atoms with van der Waals surface area (Å²) in [5.41, 5.74) is 1.80. The highest BCUT2D eigenvalue weighted by molar-refractivity contribution is 5.95. The van der Waals surface area contributed by atoms with Gasteiger partial charge >= 0.3 is 5.97 Å². The molecule has 1 unspecified atom stereocenters. The summed E-state index contributed by atoms with van der Waals surface area (Å²) in [4.78, 5) is 11.2. The third-order valence-electron chi connectivity index (χ3n) is 2.83. The molecule has 0 saturated carbocycles. The van der Waals surface area contributed by atoms with Gasteiger partial charge < -0.3 is 14.8 Å². The highest BCUT2D eigenvalue weighted by atomic mass is 16.4. The first kappa shape index (κ1) is 12.2. The third-order valence-corrected chi connectivity index (χ3v) is 2.83. The lowest BCUT2D eigenvalue weighted by Gasteiger charge is -2.17. The van der Waals surface area contributed by atoms with E-state index < -0.39 is 5.97 Å². The number of anilines is 1. The van der Waals surface area contributed by atoms with Crippen molar-refractivity contribution in [2.45, 2.75) is 19.9 Å². The molecule has 0 aliphatic rings. The van der Waals surface area contributed by atoms with Crippen molar-refractivity contribution in [2.75, 3.05) is 5.32 Å². The maximum Gasteiger partial charge on any atom is 0.337 e. The number of carboxylic acids is 1. The van der Waals surface area contributed by atoms with Crippen LogP contribution in [0.25, 0.3) is 0 Å². The molecule has 0 aliphatic heterocycles. The van der Waals surface area contributed by atoms with E-state index in [9.17, 15) is 9.90 Å². The van der Waals surface area contributed by atoms with Crippen molar-refractivity contribution in [2.24, 2.45) is 0 Å². The minimum Gasteiger partial charge on any atom is -0.478 e. The standard InChI is InChI=1S/C14H15NO3/c1-9-5-3-6-11(14(16)17)13(9)15-10(2)12-7-4-8-18-12/h3-8,10,15H,1-2H3,(H,16,17). The number of para-hydroxylation sites is 1. The number of carbonyl (C=O) groups is 1. The van der Waals surface area contributed by atoms with E-state index in [-0.39, 0.29) is 11.6 Å². The Morgan fingerprint density at radius 1 is 1.33 bits per heavy atom. The van der Waals surface area contributed by atoms with Crippen LogP contribution >= 0.6 is 0 Å². The predicted molar refractivity (Wildman–Crippen MR) is 68.9 cm³/mol. The molecule has 0 saturated heterocycles. The lowest BCUT2D eigenvalue weighted by atomic mass is 10.1. The first-order valence-corrected chi connectivity index (χ1v) is 5.72. The molecule has 4 heteroatoms. The summed E-state index contributed by atoms with van der Waals surface area (Å²) in [6, 6.07) is 8.79. The fraction of sp³-hybridized carbons (Fsp3) is 0.214. The predicted octanol–water partition coefficient (Wildman–Crippen LogP) is 3.46. The van der Waals surface area contributed by atoms with Crippen LogP contribution in [0.3, 0.4) is 0 Å². The number of benzene rings is 1. The fourth-order valence-corrected chi connectivity index (χ4v) is 1.86. The Balaban J connectivity index is 2.31. The largest absolute Gasteiger partial charge is 0.478 e. The van der Waals surface area contributed by atoms with Crippen molar-refractivity contribution >= 4 is 11.7 Å². The lowest BCUT2D eigenvalue weighted by Crippen LogP contribution is -2.11. The van der Waals surface area contributed by atoms with Gasteiger partial charge in [0.05, 0.1) is 23.6 Å². The van der Waals surface area contributed by atoms with Gasteiger partial charge in [0, 0.05) is 0 Å². The molecule has 1 atom stereocenters. The first-order valence-electron chi connectivity index (χ1n) is 5.72. The third kappa shape index (κ3) is 2.37. The van der Waals surface area contributed by atoms with E-state index in [0.29, 0.717) is 5.69 Å². The molecule has 1 aromatic heterocycles. The minimum atomic E-state index is -0.937. The average Bonchev–Trinajstić information content (AvgIpc) is 2.85. The van der Waals surface area contributed by atoms with E-state index in [0.717, 1.165) is 11.3 Å². The van der Waals surface area contributed by atoms with Crippen LogP contribution in [0.1, 0.15) is 34.6 Å². The van der Waals surface area contributed by atoms with Crippen molar-refractivity contribution in [3.63, 3.8) is 0 Å². The normalized spacial score (nSPS) is 12.1. The number of aryl methyl sites for hydroxylation is 1. The molecule has 94 valence electrons. The maximum atomic E-state index is 11.2. The quantitative estimate of drug-likeness (QED) is 0.865. The summed E-state index contributed by atoms with van der Waals surface area (Å²) in [5, 5.41) is 12.4. The molecule has 0 bridgehead atoms. The summed E-state index contributed by atoms with van der Waals surface area (Å²) in [6.45, 7) is 3.81. The van der Waals surface area contributed by atoms with Crippen LogP contribution in [0, 0.1) is 6.92 Å². The number of aromatic carboxylic acids is 1. The zero-order chi connectivity index (χ0) is 13.1. The molecule has 0 spiro atoms. The van der Waals surface area contributed by atoms with Gasteiger partial charge in [-0.2, -0.15) is 0 Å². The van der Waals surface area contributed by atoms with Crippen LogP contribution < -0.4 is 5.32 Å². The van der Waals surface area contributed by atoms with Crippen LogP contribution in [0.15, 0.2) is 41.0 Å². The lowest BCUT2D eigenvalue weighted by molar-refractivity contribution is 0.0698. The van der Waals surface area contributed by atoms with E-state index in [1.54, 1.807) is 18.4 Å². The Morgan fingerprint density at radius 3 is 2.72 bits per heavy atom. The zero-order valence-corrected chi connectivity index (χ0v) is 10.3. The second kappa shape index (κ2) is 4.96. The summed E-state index contributed by atoms with van der Waals surface area (Å²) in [7, 11) is 0. The Hall–Kier alpha value is -2.23. The van der Waals surface area contributed by atoms with E-state index in [1.165, 1.54) is 0 Å². The number of hydrogen-bond acceptors (Lipinski definition) is 3. The number of nitrogens with one attached hydrogen (secondary N) is 1. The summed E-state index contributed by atoms with van der Waals surface area (Å²) >= 11 is 0. The molecular weight excluding hydrogens is 230 g/mol. The van der Waals surface area contributed by atoms with E-state index in [1.807, 2.05) is 32.0 Å². The SMILES string of the molecule is Cc1cccc(C(=O)O)c1NC(C)c1ccco1. The molecule has 2 N–H and O–H groups in total. The van der Waals surface area contributed by atoms with Gasteiger partial charge in [-0.05, 0) is 37.6 Å². The Morgan fingerprint density at radius 2 is 2.11 bits per heavy atom. The van der Waals surface area contributed by atoms with Crippen LogP contribution in [0.2, 0.25) is 0 Å². The van der Waals surface area contributed by atoms with Gasteiger partial charge in [-0.1, -0.05) is 12.1 Å². The smallest absolute Gasteiger partial charge is 0.337 e. The highest BCUT2D eigenvalue weighted by Gasteiger charge is 2.15. The fourth-order valence-electron chi connectivity index (χ4n) is 1.86. The second-order valence-corrected chi connectivity index (χ2v) is 4.18. The van der Waals surface area contributed by atoms with Gasteiger partial charge in [0.1, 0.15) is 5.76 Å². The molecule has 0 radical (unpaired) electrons. The Labute approximate surface area is 105 Å². The van der Waals surface area contributed by atoms with Crippen LogP contribution in [-0.4, -0.2) is 11.1 Å². The van der Waals surface area contributed by atoms with Gasteiger partial charge in [0.25, 0.3) is 0 Å². The van der Waals surface area contributed by atoms with Crippen molar-refractivity contribution < 1.29 is 14.3 Å². The Bertz CT molecular complexity index is 546. The second-order valence-electron chi connectivity index (χ2n) is 4.18. The number of rotatable bonds is 4. The number of carboxylic acid groups (broad SMARTS) is 1. The summed E-state index contributed by atoms with van der Waals surface area (Å²) in [5.74, 6) is -0.164. The summed E-state index contributed by atoms with van der Waals surface area (Å²) in [6.07, 6.45) is 1.60. The van der Waals surface area contributed by atoms with E-state index in [4.69, 9.17) is 4.42 Å². The molecule has 2 rings (SSSR count). The van der Waals surface area contributed by atoms with Crippen molar-refractivity contribution in [1.82, 2.24) is 0 Å². The van der Waals surface area contributed by atoms with Gasteiger partial charge in [0.2, 0.25) is 0 Å². The topological polar surface area (TPSA) is 62.5 Å². The van der Waals surface area contributed by atoms with E-state index in [2.05, 4.69) is 5.32 Å². The molecule has 1 heterocycles. The van der Waals surface area contributed by atoms with Crippen LogP contribution in [0.5, 0.6) is 0 Å². The van der Waals surface area contributed by atoms with Crippen LogP contribution in [-0.2, 0) is 0 Å². The summed E-state index contributed by atoms with van der Waals surface area (Å²) < 4.78 is 5.30. The van der Waals surface area contributed by atoms with Gasteiger partial charge in [-0.25, -0.2) is 4.79 Å². The molecule has 0 aliphatic carbocycles. The molecule has 18 heavy (non-hydrogen) atoms. The monoisotopic (exact) mass is 245 g/mol. The highest BCUT2D eigenvalue weighted by Crippen LogP contribution is 2.26. The molecule has 0 fully saturated rings. The number of hydrogen-bond donors (Lipinski definition) is 2. The van der Waals surface area contributed by atoms with Crippen molar-refractivity contribution in [1.29, 1.82) is 0 Å². The molecule has 1 aromatic carbocycles. The average molecular weight is 245 g/mol. The Kier molecular flexibility index (Phi) is 3.37. The van der Waals surface area contributed by atoms with Crippen LogP contribution in [0.4, 0.5) is 5.69 Å². The number of furan rings is 1. The molecular formula is C14H15NO3. The minimum absolute atomic E-state index is 0.0841. The molecule has 0 amide bonds. The maximum absolute atomic E-state index is 11.2. The van der Waals surface area contributed by atoms with Gasteiger partial charge in [-0.3, -0.25) is 0 Å². The van der Waals surface area contributed by atoms with Crippen molar-refractivity contribution in [3.8, 4) is 0 Å². The van der Waals surface area contributed by atoms with Gasteiger partial charge in [-0.15, -0.1) is 0 Å². The zero-order valence-electron chi connectivity index (χ0n) is 10.3. The van der Waals surface area contributed by atoms with E-state index >= 15 is 0 Å². The molecule has 2 aromatic rings. The molecule has 4 nitrogen and oxygen atoms in total.